The van der Waals surface area contributed by atoms with Crippen LogP contribution in [0.15, 0.2) is 0 Å². The van der Waals surface area contributed by atoms with Crippen molar-refractivity contribution < 1.29 is 9.53 Å². The summed E-state index contributed by atoms with van der Waals surface area (Å²) in [5.74, 6) is -0.135. The molecule has 1 aromatic heterocycles. The van der Waals surface area contributed by atoms with E-state index in [1.807, 2.05) is 0 Å². The summed E-state index contributed by atoms with van der Waals surface area (Å²) in [7, 11) is 1.59. The van der Waals surface area contributed by atoms with Crippen LogP contribution in [0.3, 0.4) is 0 Å². The molecule has 0 spiro atoms. The quantitative estimate of drug-likeness (QED) is 0.708. The number of carbonyl (C=O) groups is 1. The smallest absolute Gasteiger partial charge is 0.265 e. The van der Waals surface area contributed by atoms with Gasteiger partial charge in [0.25, 0.3) is 5.91 Å². The van der Waals surface area contributed by atoms with Crippen molar-refractivity contribution in [1.29, 1.82) is 0 Å². The highest BCUT2D eigenvalue weighted by Crippen LogP contribution is 2.07. The van der Waals surface area contributed by atoms with Crippen LogP contribution in [0, 0.1) is 6.92 Å². The summed E-state index contributed by atoms with van der Waals surface area (Å²) in [6, 6.07) is 0. The molecule has 1 rings (SSSR count). The first-order chi connectivity index (χ1) is 6.25. The molecule has 0 aliphatic heterocycles. The van der Waals surface area contributed by atoms with E-state index < -0.39 is 0 Å². The van der Waals surface area contributed by atoms with E-state index in [0.29, 0.717) is 23.7 Å². The van der Waals surface area contributed by atoms with Crippen LogP contribution < -0.4 is 5.32 Å². The number of aryl methyl sites for hydroxylation is 1. The first-order valence-electron chi connectivity index (χ1n) is 3.81. The van der Waals surface area contributed by atoms with Gasteiger partial charge in [0.05, 0.1) is 12.3 Å². The lowest BCUT2D eigenvalue weighted by atomic mass is 10.4. The molecular formula is C7H11N3O2S. The van der Waals surface area contributed by atoms with E-state index in [1.165, 1.54) is 0 Å². The SMILES string of the molecule is COCCNC(=O)c1snnc1C. The highest BCUT2D eigenvalue weighted by Gasteiger charge is 2.11. The maximum absolute atomic E-state index is 11.4. The van der Waals surface area contributed by atoms with Crippen molar-refractivity contribution in [1.82, 2.24) is 14.9 Å². The molecule has 0 aliphatic carbocycles. The number of nitrogens with zero attached hydrogens (tertiary/aromatic N) is 2. The van der Waals surface area contributed by atoms with Gasteiger partial charge in [-0.25, -0.2) is 0 Å². The maximum Gasteiger partial charge on any atom is 0.265 e. The molecule has 1 aromatic rings. The van der Waals surface area contributed by atoms with Gasteiger partial charge in [-0.3, -0.25) is 4.79 Å². The Kier molecular flexibility index (Phi) is 3.78. The van der Waals surface area contributed by atoms with Crippen LogP contribution in [-0.4, -0.2) is 35.8 Å². The van der Waals surface area contributed by atoms with Crippen LogP contribution in [0.5, 0.6) is 0 Å². The van der Waals surface area contributed by atoms with E-state index >= 15 is 0 Å². The summed E-state index contributed by atoms with van der Waals surface area (Å²) in [5, 5.41) is 6.44. The van der Waals surface area contributed by atoms with E-state index in [1.54, 1.807) is 14.0 Å². The van der Waals surface area contributed by atoms with Gasteiger partial charge < -0.3 is 10.1 Å². The van der Waals surface area contributed by atoms with E-state index in [9.17, 15) is 4.79 Å². The minimum absolute atomic E-state index is 0.135. The third-order valence-corrected chi connectivity index (χ3v) is 2.28. The van der Waals surface area contributed by atoms with Crippen molar-refractivity contribution in [3.63, 3.8) is 0 Å². The van der Waals surface area contributed by atoms with Gasteiger partial charge in [-0.2, -0.15) is 0 Å². The summed E-state index contributed by atoms with van der Waals surface area (Å²) < 4.78 is 8.47. The van der Waals surface area contributed by atoms with Crippen molar-refractivity contribution in [2.75, 3.05) is 20.3 Å². The van der Waals surface area contributed by atoms with Gasteiger partial charge in [0.2, 0.25) is 0 Å². The lowest BCUT2D eigenvalue weighted by Crippen LogP contribution is -2.26. The second-order valence-corrected chi connectivity index (χ2v) is 3.19. The van der Waals surface area contributed by atoms with Crippen LogP contribution in [-0.2, 0) is 4.74 Å². The molecular weight excluding hydrogens is 190 g/mol. The minimum atomic E-state index is -0.135. The molecule has 1 heterocycles. The van der Waals surface area contributed by atoms with E-state index in [2.05, 4.69) is 14.9 Å². The van der Waals surface area contributed by atoms with Crippen LogP contribution in [0.1, 0.15) is 15.4 Å². The highest BCUT2D eigenvalue weighted by molar-refractivity contribution is 7.07. The first kappa shape index (κ1) is 10.1. The molecule has 0 saturated carbocycles. The van der Waals surface area contributed by atoms with Gasteiger partial charge in [0, 0.05) is 13.7 Å². The molecule has 0 atom stereocenters. The highest BCUT2D eigenvalue weighted by atomic mass is 32.1. The summed E-state index contributed by atoms with van der Waals surface area (Å²) >= 11 is 1.10. The molecule has 0 aromatic carbocycles. The largest absolute Gasteiger partial charge is 0.383 e. The van der Waals surface area contributed by atoms with E-state index in [-0.39, 0.29) is 5.91 Å². The Hall–Kier alpha value is -1.01. The number of nitrogens with one attached hydrogen (secondary N) is 1. The monoisotopic (exact) mass is 201 g/mol. The van der Waals surface area contributed by atoms with Gasteiger partial charge in [0.15, 0.2) is 0 Å². The number of hydrogen-bond acceptors (Lipinski definition) is 5. The van der Waals surface area contributed by atoms with Crippen molar-refractivity contribution in [2.24, 2.45) is 0 Å². The van der Waals surface area contributed by atoms with Crippen LogP contribution in [0.4, 0.5) is 0 Å². The molecule has 5 nitrogen and oxygen atoms in total. The predicted octanol–water partition coefficient (Wildman–Crippen LogP) is 0.223. The summed E-state index contributed by atoms with van der Waals surface area (Å²) in [5.41, 5.74) is 0.667. The molecule has 0 aliphatic rings. The standard InChI is InChI=1S/C7H11N3O2S/c1-5-6(13-10-9-5)7(11)8-3-4-12-2/h3-4H2,1-2H3,(H,8,11). The fourth-order valence-electron chi connectivity index (χ4n) is 0.787. The normalized spacial score (nSPS) is 10.0. The molecule has 72 valence electrons. The molecule has 0 saturated heterocycles. The molecule has 0 unspecified atom stereocenters. The number of amides is 1. The van der Waals surface area contributed by atoms with Gasteiger partial charge in [-0.05, 0) is 18.5 Å². The zero-order valence-corrected chi connectivity index (χ0v) is 8.35. The topological polar surface area (TPSA) is 64.1 Å². The Morgan fingerprint density at radius 3 is 3.00 bits per heavy atom. The van der Waals surface area contributed by atoms with Crippen molar-refractivity contribution in [3.05, 3.63) is 10.6 Å². The molecule has 0 fully saturated rings. The molecule has 13 heavy (non-hydrogen) atoms. The lowest BCUT2D eigenvalue weighted by Gasteiger charge is -2.01. The third kappa shape index (κ3) is 2.74. The second-order valence-electron chi connectivity index (χ2n) is 2.44. The Balaban J connectivity index is 2.45. The third-order valence-electron chi connectivity index (χ3n) is 1.45. The fourth-order valence-corrected chi connectivity index (χ4v) is 1.36. The first-order valence-corrected chi connectivity index (χ1v) is 4.59. The van der Waals surface area contributed by atoms with Crippen LogP contribution >= 0.6 is 11.5 Å². The number of aromatic nitrogens is 2. The Morgan fingerprint density at radius 1 is 1.69 bits per heavy atom. The van der Waals surface area contributed by atoms with Crippen molar-refractivity contribution >= 4 is 17.4 Å². The van der Waals surface area contributed by atoms with Gasteiger partial charge >= 0.3 is 0 Å². The van der Waals surface area contributed by atoms with Gasteiger partial charge in [-0.15, -0.1) is 5.10 Å². The van der Waals surface area contributed by atoms with Gasteiger partial charge in [-0.1, -0.05) is 4.49 Å². The molecule has 6 heteroatoms. The fraction of sp³-hybridized carbons (Fsp3) is 0.571. The number of hydrogen-bond donors (Lipinski definition) is 1. The number of ether oxygens (including phenoxy) is 1. The maximum atomic E-state index is 11.4. The minimum Gasteiger partial charge on any atom is -0.383 e. The predicted molar refractivity (Wildman–Crippen MR) is 48.9 cm³/mol. The summed E-state index contributed by atoms with van der Waals surface area (Å²) in [6.07, 6.45) is 0. The lowest BCUT2D eigenvalue weighted by molar-refractivity contribution is 0.0940. The second kappa shape index (κ2) is 4.88. The van der Waals surface area contributed by atoms with Crippen LogP contribution in [0.2, 0.25) is 0 Å². The Labute approximate surface area is 80.3 Å². The number of rotatable bonds is 4. The average molecular weight is 201 g/mol. The van der Waals surface area contributed by atoms with Crippen LogP contribution in [0.25, 0.3) is 0 Å². The zero-order chi connectivity index (χ0) is 9.68. The average Bonchev–Trinajstić information content (AvgIpc) is 2.52. The molecule has 1 amide bonds. The summed E-state index contributed by atoms with van der Waals surface area (Å²) in [4.78, 5) is 11.9. The Bertz CT molecular complexity index is 287. The van der Waals surface area contributed by atoms with E-state index in [4.69, 9.17) is 4.74 Å². The zero-order valence-electron chi connectivity index (χ0n) is 7.53. The van der Waals surface area contributed by atoms with Gasteiger partial charge in [0.1, 0.15) is 4.88 Å². The molecule has 0 bridgehead atoms. The molecule has 1 N–H and O–H groups in total. The Morgan fingerprint density at radius 2 is 2.46 bits per heavy atom. The summed E-state index contributed by atoms with van der Waals surface area (Å²) in [6.45, 7) is 2.78. The number of methoxy groups -OCH3 is 1. The van der Waals surface area contributed by atoms with Crippen molar-refractivity contribution in [2.45, 2.75) is 6.92 Å². The van der Waals surface area contributed by atoms with Crippen molar-refractivity contribution in [3.8, 4) is 0 Å². The van der Waals surface area contributed by atoms with E-state index in [0.717, 1.165) is 11.5 Å². The number of carbonyl (C=O) groups excluding carboxylic acids is 1. The molecule has 0 radical (unpaired) electrons.